The number of ether oxygens (including phenoxy) is 1. The Kier molecular flexibility index (Phi) is 6.30. The molecule has 2 aromatic carbocycles. The summed E-state index contributed by atoms with van der Waals surface area (Å²) in [6.45, 7) is 0.333. The molecule has 1 unspecified atom stereocenters. The van der Waals surface area contributed by atoms with Gasteiger partial charge < -0.3 is 10.1 Å². The van der Waals surface area contributed by atoms with Gasteiger partial charge >= 0.3 is 0 Å². The van der Waals surface area contributed by atoms with Crippen molar-refractivity contribution in [1.82, 2.24) is 10.3 Å². The standard InChI is InChI=1S/C24H21ClN2O4S/c1-32(29,30)21-6-2-5-17(12-21)18-10-19-11-20(31-24(19)22(25)13-18)15-27-23(28)8-7-16-4-3-9-26-14-16/h2-10,12-14,20H,11,15H2,1H3,(H,27,28)/b8-7+. The number of fused-ring (bicyclic) bond motifs is 1. The van der Waals surface area contributed by atoms with Crippen LogP contribution in [0.2, 0.25) is 5.02 Å². The van der Waals surface area contributed by atoms with E-state index in [1.807, 2.05) is 18.2 Å². The zero-order valence-electron chi connectivity index (χ0n) is 17.3. The number of nitrogens with one attached hydrogen (secondary N) is 1. The van der Waals surface area contributed by atoms with Crippen molar-refractivity contribution < 1.29 is 17.9 Å². The monoisotopic (exact) mass is 468 g/mol. The lowest BCUT2D eigenvalue weighted by Gasteiger charge is -2.11. The Balaban J connectivity index is 1.43. The number of sulfone groups is 1. The van der Waals surface area contributed by atoms with Gasteiger partial charge in [0.25, 0.3) is 0 Å². The fourth-order valence-corrected chi connectivity index (χ4v) is 4.44. The zero-order chi connectivity index (χ0) is 22.7. The van der Waals surface area contributed by atoms with Crippen LogP contribution >= 0.6 is 11.6 Å². The molecule has 2 heterocycles. The van der Waals surface area contributed by atoms with Gasteiger partial charge in [-0.2, -0.15) is 0 Å². The Labute approximate surface area is 191 Å². The third kappa shape index (κ3) is 5.18. The number of pyridine rings is 1. The zero-order valence-corrected chi connectivity index (χ0v) is 18.9. The number of halogens is 1. The molecular weight excluding hydrogens is 448 g/mol. The second-order valence-corrected chi connectivity index (χ2v) is 9.98. The average molecular weight is 469 g/mol. The van der Waals surface area contributed by atoms with Crippen molar-refractivity contribution >= 4 is 33.4 Å². The van der Waals surface area contributed by atoms with Crippen molar-refractivity contribution in [1.29, 1.82) is 0 Å². The third-order valence-electron chi connectivity index (χ3n) is 5.06. The number of carbonyl (C=O) groups is 1. The molecule has 1 aliphatic heterocycles. The summed E-state index contributed by atoms with van der Waals surface area (Å²) in [6, 6.07) is 14.1. The fraction of sp³-hybridized carbons (Fsp3) is 0.167. The van der Waals surface area contributed by atoms with E-state index < -0.39 is 9.84 Å². The van der Waals surface area contributed by atoms with Crippen molar-refractivity contribution in [2.45, 2.75) is 17.4 Å². The molecule has 8 heteroatoms. The number of rotatable bonds is 6. The molecule has 1 aromatic heterocycles. The molecule has 32 heavy (non-hydrogen) atoms. The minimum Gasteiger partial charge on any atom is -0.486 e. The maximum Gasteiger partial charge on any atom is 0.244 e. The molecule has 0 aliphatic carbocycles. The van der Waals surface area contributed by atoms with E-state index in [1.165, 1.54) is 12.3 Å². The number of hydrogen-bond acceptors (Lipinski definition) is 5. The highest BCUT2D eigenvalue weighted by Gasteiger charge is 2.26. The second kappa shape index (κ2) is 9.14. The molecule has 1 aliphatic rings. The normalized spacial score (nSPS) is 15.4. The SMILES string of the molecule is CS(=O)(=O)c1cccc(-c2cc(Cl)c3c(c2)CC(CNC(=O)/C=C/c2cccnc2)O3)c1. The van der Waals surface area contributed by atoms with Gasteiger partial charge in [0.15, 0.2) is 9.84 Å². The lowest BCUT2D eigenvalue weighted by molar-refractivity contribution is -0.116. The number of benzene rings is 2. The van der Waals surface area contributed by atoms with E-state index in [1.54, 1.807) is 48.8 Å². The van der Waals surface area contributed by atoms with E-state index in [0.29, 0.717) is 23.7 Å². The number of hydrogen-bond donors (Lipinski definition) is 1. The van der Waals surface area contributed by atoms with Crippen molar-refractivity contribution in [3.8, 4) is 16.9 Å². The van der Waals surface area contributed by atoms with E-state index in [4.69, 9.17) is 16.3 Å². The summed E-state index contributed by atoms with van der Waals surface area (Å²) in [4.78, 5) is 16.4. The average Bonchev–Trinajstić information content (AvgIpc) is 3.20. The minimum atomic E-state index is -3.31. The highest BCUT2D eigenvalue weighted by atomic mass is 35.5. The molecule has 0 bridgehead atoms. The topological polar surface area (TPSA) is 85.4 Å². The Bertz CT molecular complexity index is 1290. The van der Waals surface area contributed by atoms with Gasteiger partial charge in [0.05, 0.1) is 16.5 Å². The molecule has 0 fully saturated rings. The smallest absolute Gasteiger partial charge is 0.244 e. The van der Waals surface area contributed by atoms with E-state index in [2.05, 4.69) is 10.3 Å². The van der Waals surface area contributed by atoms with Crippen LogP contribution in [0.5, 0.6) is 5.75 Å². The van der Waals surface area contributed by atoms with E-state index in [0.717, 1.165) is 22.3 Å². The van der Waals surface area contributed by atoms with E-state index >= 15 is 0 Å². The first-order chi connectivity index (χ1) is 15.3. The van der Waals surface area contributed by atoms with Gasteiger partial charge in [0.1, 0.15) is 11.9 Å². The van der Waals surface area contributed by atoms with E-state index in [-0.39, 0.29) is 16.9 Å². The Hall–Kier alpha value is -3.16. The highest BCUT2D eigenvalue weighted by Crippen LogP contribution is 2.39. The van der Waals surface area contributed by atoms with Crippen molar-refractivity contribution in [2.24, 2.45) is 0 Å². The van der Waals surface area contributed by atoms with Crippen LogP contribution in [-0.2, 0) is 21.1 Å². The Morgan fingerprint density at radius 3 is 2.81 bits per heavy atom. The largest absolute Gasteiger partial charge is 0.486 e. The van der Waals surface area contributed by atoms with Crippen LogP contribution < -0.4 is 10.1 Å². The summed E-state index contributed by atoms with van der Waals surface area (Å²) in [6.07, 6.45) is 8.02. The van der Waals surface area contributed by atoms with E-state index in [9.17, 15) is 13.2 Å². The molecule has 164 valence electrons. The first-order valence-electron chi connectivity index (χ1n) is 9.95. The molecule has 0 spiro atoms. The number of carbonyl (C=O) groups excluding carboxylic acids is 1. The van der Waals surface area contributed by atoms with Crippen molar-refractivity contribution in [3.05, 3.63) is 83.2 Å². The van der Waals surface area contributed by atoms with Gasteiger partial charge in [0.2, 0.25) is 5.91 Å². The van der Waals surface area contributed by atoms with Crippen LogP contribution in [0, 0.1) is 0 Å². The quantitative estimate of drug-likeness (QED) is 0.554. The third-order valence-corrected chi connectivity index (χ3v) is 6.45. The molecule has 6 nitrogen and oxygen atoms in total. The summed E-state index contributed by atoms with van der Waals surface area (Å²) in [7, 11) is -3.31. The lowest BCUT2D eigenvalue weighted by Crippen LogP contribution is -2.33. The first-order valence-corrected chi connectivity index (χ1v) is 12.2. The summed E-state index contributed by atoms with van der Waals surface area (Å²) < 4.78 is 29.7. The van der Waals surface area contributed by atoms with Gasteiger partial charge in [-0.25, -0.2) is 8.42 Å². The molecule has 3 aromatic rings. The van der Waals surface area contributed by atoms with Gasteiger partial charge in [0, 0.05) is 36.7 Å². The maximum atomic E-state index is 12.1. The van der Waals surface area contributed by atoms with Crippen molar-refractivity contribution in [3.63, 3.8) is 0 Å². The molecular formula is C24H21ClN2O4S. The van der Waals surface area contributed by atoms with Crippen LogP contribution in [0.15, 0.2) is 71.9 Å². The first kappa shape index (κ1) is 22.0. The van der Waals surface area contributed by atoms with Crippen molar-refractivity contribution in [2.75, 3.05) is 12.8 Å². The van der Waals surface area contributed by atoms with Crippen LogP contribution in [0.3, 0.4) is 0 Å². The molecule has 1 amide bonds. The van der Waals surface area contributed by atoms with Gasteiger partial charge in [-0.1, -0.05) is 29.8 Å². The Morgan fingerprint density at radius 1 is 1.22 bits per heavy atom. The minimum absolute atomic E-state index is 0.224. The Morgan fingerprint density at radius 2 is 2.06 bits per heavy atom. The molecule has 1 N–H and O–H groups in total. The molecule has 0 saturated heterocycles. The molecule has 0 radical (unpaired) electrons. The number of amides is 1. The van der Waals surface area contributed by atoms with Gasteiger partial charge in [-0.05, 0) is 53.1 Å². The molecule has 4 rings (SSSR count). The maximum absolute atomic E-state index is 12.1. The highest BCUT2D eigenvalue weighted by molar-refractivity contribution is 7.90. The molecule has 0 saturated carbocycles. The van der Waals surface area contributed by atoms with Crippen LogP contribution in [0.1, 0.15) is 11.1 Å². The lowest BCUT2D eigenvalue weighted by atomic mass is 10.0. The summed E-state index contributed by atoms with van der Waals surface area (Å²) in [5.41, 5.74) is 3.33. The fourth-order valence-electron chi connectivity index (χ4n) is 3.49. The van der Waals surface area contributed by atoms with Crippen LogP contribution in [0.25, 0.3) is 17.2 Å². The van der Waals surface area contributed by atoms with Crippen LogP contribution in [0.4, 0.5) is 0 Å². The molecule has 1 atom stereocenters. The summed E-state index contributed by atoms with van der Waals surface area (Å²) in [5.74, 6) is 0.373. The van der Waals surface area contributed by atoms with Crippen LogP contribution in [-0.4, -0.2) is 38.2 Å². The predicted molar refractivity (Wildman–Crippen MR) is 124 cm³/mol. The summed E-state index contributed by atoms with van der Waals surface area (Å²) >= 11 is 6.45. The predicted octanol–water partition coefficient (Wildman–Crippen LogP) is 3.94. The second-order valence-electron chi connectivity index (χ2n) is 7.56. The van der Waals surface area contributed by atoms with Gasteiger partial charge in [-0.15, -0.1) is 0 Å². The van der Waals surface area contributed by atoms with Gasteiger partial charge in [-0.3, -0.25) is 9.78 Å². The summed E-state index contributed by atoms with van der Waals surface area (Å²) in [5, 5.41) is 3.29. The number of aromatic nitrogens is 1. The number of nitrogens with zero attached hydrogens (tertiary/aromatic N) is 1.